The molecule has 6 heteroatoms. The lowest BCUT2D eigenvalue weighted by Crippen LogP contribution is -2.49. The van der Waals surface area contributed by atoms with Crippen molar-refractivity contribution in [3.8, 4) is 5.88 Å². The second kappa shape index (κ2) is 6.68. The summed E-state index contributed by atoms with van der Waals surface area (Å²) in [5.74, 6) is 1.30. The van der Waals surface area contributed by atoms with Crippen molar-refractivity contribution in [1.82, 2.24) is 9.97 Å². The molecular formula is C13H22N4O2. The number of hydrogen-bond donors (Lipinski definition) is 1. The van der Waals surface area contributed by atoms with Gasteiger partial charge in [-0.1, -0.05) is 6.92 Å². The number of rotatable bonds is 5. The standard InChI is InChI=1S/C13H22N4O2/c1-3-6-18-12-4-5-15-13(16-12)17-8-10(2)19-11(7-14)9-17/h4-5,10-11H,3,6-9,14H2,1-2H3. The predicted molar refractivity (Wildman–Crippen MR) is 73.4 cm³/mol. The SMILES string of the molecule is CCCOc1ccnc(N2CC(C)OC(CN)C2)n1. The summed E-state index contributed by atoms with van der Waals surface area (Å²) in [5, 5.41) is 0. The third-order valence-corrected chi connectivity index (χ3v) is 2.94. The third-order valence-electron chi connectivity index (χ3n) is 2.94. The molecule has 0 spiro atoms. The molecule has 0 aromatic carbocycles. The van der Waals surface area contributed by atoms with Crippen molar-refractivity contribution in [3.63, 3.8) is 0 Å². The zero-order chi connectivity index (χ0) is 13.7. The fourth-order valence-electron chi connectivity index (χ4n) is 2.11. The van der Waals surface area contributed by atoms with Gasteiger partial charge in [0.15, 0.2) is 0 Å². The summed E-state index contributed by atoms with van der Waals surface area (Å²) in [4.78, 5) is 10.8. The summed E-state index contributed by atoms with van der Waals surface area (Å²) in [6, 6.07) is 1.78. The minimum absolute atomic E-state index is 0.0348. The first-order valence-corrected chi connectivity index (χ1v) is 6.79. The molecule has 19 heavy (non-hydrogen) atoms. The van der Waals surface area contributed by atoms with Gasteiger partial charge in [-0.25, -0.2) is 4.98 Å². The second-order valence-corrected chi connectivity index (χ2v) is 4.75. The number of hydrogen-bond acceptors (Lipinski definition) is 6. The van der Waals surface area contributed by atoms with Crippen LogP contribution < -0.4 is 15.4 Å². The third kappa shape index (κ3) is 3.78. The van der Waals surface area contributed by atoms with E-state index in [1.807, 2.05) is 6.92 Å². The van der Waals surface area contributed by atoms with E-state index < -0.39 is 0 Å². The van der Waals surface area contributed by atoms with Crippen LogP contribution in [0.1, 0.15) is 20.3 Å². The first-order chi connectivity index (χ1) is 9.22. The van der Waals surface area contributed by atoms with E-state index in [0.29, 0.717) is 25.0 Å². The van der Waals surface area contributed by atoms with Gasteiger partial charge in [-0.15, -0.1) is 0 Å². The van der Waals surface area contributed by atoms with E-state index in [2.05, 4.69) is 21.8 Å². The van der Waals surface area contributed by atoms with Gasteiger partial charge in [-0.3, -0.25) is 0 Å². The molecule has 1 saturated heterocycles. The fraction of sp³-hybridized carbons (Fsp3) is 0.692. The highest BCUT2D eigenvalue weighted by atomic mass is 16.5. The molecule has 0 saturated carbocycles. The highest BCUT2D eigenvalue weighted by Gasteiger charge is 2.26. The molecule has 1 fully saturated rings. The van der Waals surface area contributed by atoms with Crippen LogP contribution in [0.25, 0.3) is 0 Å². The van der Waals surface area contributed by atoms with Gasteiger partial charge in [0.25, 0.3) is 0 Å². The van der Waals surface area contributed by atoms with Gasteiger partial charge in [-0.2, -0.15) is 4.98 Å². The molecule has 1 aromatic heterocycles. The van der Waals surface area contributed by atoms with Crippen molar-refractivity contribution in [2.24, 2.45) is 5.73 Å². The fourth-order valence-corrected chi connectivity index (χ4v) is 2.11. The topological polar surface area (TPSA) is 73.5 Å². The highest BCUT2D eigenvalue weighted by Crippen LogP contribution is 2.18. The normalized spacial score (nSPS) is 23.4. The summed E-state index contributed by atoms with van der Waals surface area (Å²) in [7, 11) is 0. The van der Waals surface area contributed by atoms with E-state index in [1.165, 1.54) is 0 Å². The smallest absolute Gasteiger partial charge is 0.228 e. The molecule has 2 unspecified atom stereocenters. The van der Waals surface area contributed by atoms with Crippen LogP contribution in [0, 0.1) is 0 Å². The molecule has 2 N–H and O–H groups in total. The number of aromatic nitrogens is 2. The van der Waals surface area contributed by atoms with Crippen LogP contribution >= 0.6 is 0 Å². The van der Waals surface area contributed by atoms with Crippen LogP contribution in [0.2, 0.25) is 0 Å². The lowest BCUT2D eigenvalue weighted by atomic mass is 10.2. The molecule has 1 aliphatic rings. The Morgan fingerprint density at radius 1 is 1.53 bits per heavy atom. The van der Waals surface area contributed by atoms with Crippen molar-refractivity contribution in [1.29, 1.82) is 0 Å². The second-order valence-electron chi connectivity index (χ2n) is 4.75. The molecular weight excluding hydrogens is 244 g/mol. The molecule has 0 bridgehead atoms. The lowest BCUT2D eigenvalue weighted by molar-refractivity contribution is -0.0109. The van der Waals surface area contributed by atoms with Crippen LogP contribution in [-0.2, 0) is 4.74 Å². The Balaban J connectivity index is 2.07. The minimum atomic E-state index is 0.0348. The average molecular weight is 266 g/mol. The van der Waals surface area contributed by atoms with Gasteiger partial charge < -0.3 is 20.1 Å². The van der Waals surface area contributed by atoms with Gasteiger partial charge >= 0.3 is 0 Å². The van der Waals surface area contributed by atoms with E-state index in [9.17, 15) is 0 Å². The molecule has 2 atom stereocenters. The van der Waals surface area contributed by atoms with E-state index in [-0.39, 0.29) is 12.2 Å². The van der Waals surface area contributed by atoms with Crippen LogP contribution in [0.15, 0.2) is 12.3 Å². The van der Waals surface area contributed by atoms with Gasteiger partial charge in [0, 0.05) is 31.9 Å². The monoisotopic (exact) mass is 266 g/mol. The Kier molecular flexibility index (Phi) is 4.93. The van der Waals surface area contributed by atoms with Crippen LogP contribution in [-0.4, -0.2) is 48.4 Å². The zero-order valence-corrected chi connectivity index (χ0v) is 11.6. The quantitative estimate of drug-likeness (QED) is 0.850. The first-order valence-electron chi connectivity index (χ1n) is 6.79. The first kappa shape index (κ1) is 14.0. The Morgan fingerprint density at radius 2 is 2.37 bits per heavy atom. The Morgan fingerprint density at radius 3 is 3.11 bits per heavy atom. The molecule has 0 radical (unpaired) electrons. The molecule has 0 amide bonds. The van der Waals surface area contributed by atoms with E-state index in [4.69, 9.17) is 15.2 Å². The maximum Gasteiger partial charge on any atom is 0.228 e. The Hall–Kier alpha value is -1.40. The van der Waals surface area contributed by atoms with Crippen molar-refractivity contribution in [3.05, 3.63) is 12.3 Å². The minimum Gasteiger partial charge on any atom is -0.478 e. The van der Waals surface area contributed by atoms with E-state index in [0.717, 1.165) is 19.5 Å². The van der Waals surface area contributed by atoms with Crippen molar-refractivity contribution >= 4 is 5.95 Å². The molecule has 2 rings (SSSR count). The maximum absolute atomic E-state index is 5.73. The van der Waals surface area contributed by atoms with Crippen molar-refractivity contribution in [2.75, 3.05) is 31.1 Å². The zero-order valence-electron chi connectivity index (χ0n) is 11.6. The molecule has 1 aromatic rings. The van der Waals surface area contributed by atoms with Crippen LogP contribution in [0.3, 0.4) is 0 Å². The summed E-state index contributed by atoms with van der Waals surface area (Å²) in [6.45, 7) is 6.77. The number of nitrogens with two attached hydrogens (primary N) is 1. The molecule has 6 nitrogen and oxygen atoms in total. The number of ether oxygens (including phenoxy) is 2. The highest BCUT2D eigenvalue weighted by molar-refractivity contribution is 5.33. The van der Waals surface area contributed by atoms with Crippen molar-refractivity contribution in [2.45, 2.75) is 32.5 Å². The summed E-state index contributed by atoms with van der Waals surface area (Å²) in [5.41, 5.74) is 5.68. The molecule has 2 heterocycles. The van der Waals surface area contributed by atoms with Crippen LogP contribution in [0.4, 0.5) is 5.95 Å². The van der Waals surface area contributed by atoms with Gasteiger partial charge in [0.1, 0.15) is 0 Å². The van der Waals surface area contributed by atoms with Crippen LogP contribution in [0.5, 0.6) is 5.88 Å². The van der Waals surface area contributed by atoms with Gasteiger partial charge in [-0.05, 0) is 13.3 Å². The Bertz CT molecular complexity index is 402. The van der Waals surface area contributed by atoms with Gasteiger partial charge in [0.2, 0.25) is 11.8 Å². The molecule has 106 valence electrons. The number of morpholine rings is 1. The summed E-state index contributed by atoms with van der Waals surface area (Å²) < 4.78 is 11.3. The lowest BCUT2D eigenvalue weighted by Gasteiger charge is -2.36. The van der Waals surface area contributed by atoms with E-state index in [1.54, 1.807) is 12.3 Å². The number of anilines is 1. The maximum atomic E-state index is 5.73. The summed E-state index contributed by atoms with van der Waals surface area (Å²) in [6.07, 6.45) is 2.85. The van der Waals surface area contributed by atoms with E-state index >= 15 is 0 Å². The Labute approximate surface area is 113 Å². The number of nitrogens with zero attached hydrogens (tertiary/aromatic N) is 3. The largest absolute Gasteiger partial charge is 0.478 e. The van der Waals surface area contributed by atoms with Crippen molar-refractivity contribution < 1.29 is 9.47 Å². The molecule has 1 aliphatic heterocycles. The molecule has 0 aliphatic carbocycles. The van der Waals surface area contributed by atoms with Gasteiger partial charge in [0.05, 0.1) is 18.8 Å². The average Bonchev–Trinajstić information content (AvgIpc) is 2.44. The predicted octanol–water partition coefficient (Wildman–Crippen LogP) is 0.818. The summed E-state index contributed by atoms with van der Waals surface area (Å²) >= 11 is 0.